The number of pyridine rings is 1. The average molecular weight is 409 g/mol. The number of benzene rings is 1. The van der Waals surface area contributed by atoms with E-state index in [1.807, 2.05) is 41.0 Å². The molecule has 3 aromatic heterocycles. The van der Waals surface area contributed by atoms with Gasteiger partial charge in [0.15, 0.2) is 16.1 Å². The monoisotopic (exact) mass is 408 g/mol. The van der Waals surface area contributed by atoms with Gasteiger partial charge in [0, 0.05) is 24.5 Å². The van der Waals surface area contributed by atoms with Gasteiger partial charge in [-0.05, 0) is 24.3 Å². The Balaban J connectivity index is 1.46. The van der Waals surface area contributed by atoms with E-state index in [0.717, 1.165) is 15.8 Å². The van der Waals surface area contributed by atoms with Gasteiger partial charge in [0.25, 0.3) is 0 Å². The van der Waals surface area contributed by atoms with Gasteiger partial charge in [-0.15, -0.1) is 16.8 Å². The van der Waals surface area contributed by atoms with E-state index in [9.17, 15) is 4.79 Å². The number of anilines is 1. The Morgan fingerprint density at radius 1 is 1.25 bits per heavy atom. The topological polar surface area (TPSA) is 85.6 Å². The van der Waals surface area contributed by atoms with Crippen molar-refractivity contribution in [2.45, 2.75) is 11.7 Å². The highest BCUT2D eigenvalue weighted by atomic mass is 32.2. The van der Waals surface area contributed by atoms with Gasteiger partial charge in [-0.3, -0.25) is 14.3 Å². The Hall–Kier alpha value is -3.04. The fourth-order valence-corrected chi connectivity index (χ4v) is 4.24. The van der Waals surface area contributed by atoms with Gasteiger partial charge in [-0.25, -0.2) is 4.98 Å². The summed E-state index contributed by atoms with van der Waals surface area (Å²) in [5, 5.41) is 12.6. The van der Waals surface area contributed by atoms with Crippen LogP contribution in [0.2, 0.25) is 0 Å². The maximum absolute atomic E-state index is 12.4. The molecule has 0 saturated heterocycles. The molecule has 0 bridgehead atoms. The number of aromatic nitrogens is 5. The third-order valence-corrected chi connectivity index (χ3v) is 5.74. The highest BCUT2D eigenvalue weighted by Crippen LogP contribution is 2.26. The van der Waals surface area contributed by atoms with Crippen LogP contribution >= 0.6 is 23.1 Å². The SMILES string of the molecule is C=CCn1c(SCC(=O)Nc2nc3ccccc3s2)nnc1-c1cccnc1. The number of fused-ring (bicyclic) bond motifs is 1. The molecule has 0 aliphatic carbocycles. The molecular formula is C19H16N6OS2. The number of amides is 1. The maximum Gasteiger partial charge on any atom is 0.236 e. The van der Waals surface area contributed by atoms with E-state index >= 15 is 0 Å². The van der Waals surface area contributed by atoms with Crippen molar-refractivity contribution in [3.63, 3.8) is 0 Å². The molecule has 0 spiro atoms. The fourth-order valence-electron chi connectivity index (χ4n) is 2.61. The first kappa shape index (κ1) is 18.3. The van der Waals surface area contributed by atoms with E-state index in [1.54, 1.807) is 18.5 Å². The van der Waals surface area contributed by atoms with Gasteiger partial charge >= 0.3 is 0 Å². The number of nitrogens with one attached hydrogen (secondary N) is 1. The summed E-state index contributed by atoms with van der Waals surface area (Å²) in [6.45, 7) is 4.34. The first-order chi connectivity index (χ1) is 13.7. The van der Waals surface area contributed by atoms with Crippen LogP contribution < -0.4 is 5.32 Å². The van der Waals surface area contributed by atoms with Crippen LogP contribution in [-0.4, -0.2) is 36.4 Å². The molecule has 0 saturated carbocycles. The molecule has 28 heavy (non-hydrogen) atoms. The minimum absolute atomic E-state index is 0.139. The molecule has 140 valence electrons. The van der Waals surface area contributed by atoms with Crippen LogP contribution in [0.15, 0.2) is 66.6 Å². The predicted molar refractivity (Wildman–Crippen MR) is 112 cm³/mol. The molecule has 1 aromatic carbocycles. The van der Waals surface area contributed by atoms with Gasteiger partial charge < -0.3 is 5.32 Å². The van der Waals surface area contributed by atoms with Gasteiger partial charge in [0.1, 0.15) is 0 Å². The number of hydrogen-bond donors (Lipinski definition) is 1. The molecule has 3 heterocycles. The lowest BCUT2D eigenvalue weighted by molar-refractivity contribution is -0.113. The number of carbonyl (C=O) groups is 1. The van der Waals surface area contributed by atoms with E-state index < -0.39 is 0 Å². The second-order valence-corrected chi connectivity index (χ2v) is 7.74. The molecule has 0 fully saturated rings. The summed E-state index contributed by atoms with van der Waals surface area (Å²) in [5.74, 6) is 0.764. The summed E-state index contributed by atoms with van der Waals surface area (Å²) in [6, 6.07) is 11.6. The van der Waals surface area contributed by atoms with E-state index in [-0.39, 0.29) is 11.7 Å². The number of allylic oxidation sites excluding steroid dienone is 1. The standard InChI is InChI=1S/C19H16N6OS2/c1-2-10-25-17(13-6-5-9-20-11-13)23-24-19(25)27-12-16(26)22-18-21-14-7-3-4-8-15(14)28-18/h2-9,11H,1,10,12H2,(H,21,22,26). The van der Waals surface area contributed by atoms with E-state index in [1.165, 1.54) is 23.1 Å². The lowest BCUT2D eigenvalue weighted by Crippen LogP contribution is -2.14. The predicted octanol–water partition coefficient (Wildman–Crippen LogP) is 3.87. The zero-order valence-electron chi connectivity index (χ0n) is 14.8. The maximum atomic E-state index is 12.4. The number of hydrogen-bond acceptors (Lipinski definition) is 7. The summed E-state index contributed by atoms with van der Waals surface area (Å²) >= 11 is 2.78. The van der Waals surface area contributed by atoms with Crippen LogP contribution in [0.1, 0.15) is 0 Å². The van der Waals surface area contributed by atoms with Gasteiger partial charge in [0.05, 0.1) is 16.0 Å². The van der Waals surface area contributed by atoms with Crippen LogP contribution in [0.25, 0.3) is 21.6 Å². The number of nitrogens with zero attached hydrogens (tertiary/aromatic N) is 5. The van der Waals surface area contributed by atoms with Crippen molar-refractivity contribution in [1.29, 1.82) is 0 Å². The first-order valence-corrected chi connectivity index (χ1v) is 10.3. The number of thioether (sulfide) groups is 1. The molecule has 0 aliphatic heterocycles. The van der Waals surface area contributed by atoms with Crippen molar-refractivity contribution in [3.05, 3.63) is 61.4 Å². The lowest BCUT2D eigenvalue weighted by Gasteiger charge is -2.07. The minimum Gasteiger partial charge on any atom is -0.301 e. The Labute approximate surface area is 169 Å². The van der Waals surface area contributed by atoms with Crippen LogP contribution in [0, 0.1) is 0 Å². The molecule has 0 aliphatic rings. The van der Waals surface area contributed by atoms with E-state index in [4.69, 9.17) is 0 Å². The Morgan fingerprint density at radius 3 is 2.93 bits per heavy atom. The zero-order valence-corrected chi connectivity index (χ0v) is 16.4. The summed E-state index contributed by atoms with van der Waals surface area (Å²) in [7, 11) is 0. The Morgan fingerprint density at radius 2 is 2.14 bits per heavy atom. The van der Waals surface area contributed by atoms with Crippen LogP contribution in [0.4, 0.5) is 5.13 Å². The van der Waals surface area contributed by atoms with Crippen LogP contribution in [0.5, 0.6) is 0 Å². The van der Waals surface area contributed by atoms with Crippen molar-refractivity contribution in [2.75, 3.05) is 11.1 Å². The lowest BCUT2D eigenvalue weighted by atomic mass is 10.3. The minimum atomic E-state index is -0.139. The highest BCUT2D eigenvalue weighted by molar-refractivity contribution is 7.99. The molecule has 4 aromatic rings. The summed E-state index contributed by atoms with van der Waals surface area (Å²) < 4.78 is 2.96. The molecule has 0 radical (unpaired) electrons. The number of carbonyl (C=O) groups excluding carboxylic acids is 1. The van der Waals surface area contributed by atoms with Gasteiger partial charge in [-0.1, -0.05) is 41.3 Å². The molecular weight excluding hydrogens is 392 g/mol. The Bertz CT molecular complexity index is 1090. The van der Waals surface area contributed by atoms with Crippen molar-refractivity contribution < 1.29 is 4.79 Å². The summed E-state index contributed by atoms with van der Waals surface area (Å²) in [5.41, 5.74) is 1.74. The van der Waals surface area contributed by atoms with Gasteiger partial charge in [-0.2, -0.15) is 0 Å². The molecule has 9 heteroatoms. The second kappa shape index (κ2) is 8.32. The van der Waals surface area contributed by atoms with Crippen molar-refractivity contribution >= 4 is 44.4 Å². The van der Waals surface area contributed by atoms with Crippen molar-refractivity contribution in [2.24, 2.45) is 0 Å². The zero-order chi connectivity index (χ0) is 19.3. The molecule has 1 N–H and O–H groups in total. The van der Waals surface area contributed by atoms with Crippen LogP contribution in [-0.2, 0) is 11.3 Å². The third kappa shape index (κ3) is 3.95. The van der Waals surface area contributed by atoms with E-state index in [2.05, 4.69) is 32.1 Å². The number of thiazole rings is 1. The van der Waals surface area contributed by atoms with Crippen molar-refractivity contribution in [1.82, 2.24) is 24.7 Å². The summed E-state index contributed by atoms with van der Waals surface area (Å²) in [6.07, 6.45) is 5.21. The largest absolute Gasteiger partial charge is 0.301 e. The van der Waals surface area contributed by atoms with Crippen molar-refractivity contribution in [3.8, 4) is 11.4 Å². The molecule has 0 unspecified atom stereocenters. The first-order valence-electron chi connectivity index (χ1n) is 8.47. The smallest absolute Gasteiger partial charge is 0.236 e. The number of para-hydroxylation sites is 1. The number of rotatable bonds is 7. The molecule has 1 amide bonds. The fraction of sp³-hybridized carbons (Fsp3) is 0.105. The molecule has 7 nitrogen and oxygen atoms in total. The average Bonchev–Trinajstić information content (AvgIpc) is 3.30. The molecule has 0 atom stereocenters. The molecule has 4 rings (SSSR count). The second-order valence-electron chi connectivity index (χ2n) is 5.77. The highest BCUT2D eigenvalue weighted by Gasteiger charge is 2.15. The van der Waals surface area contributed by atoms with Gasteiger partial charge in [0.2, 0.25) is 5.91 Å². The normalized spacial score (nSPS) is 10.9. The van der Waals surface area contributed by atoms with E-state index in [0.29, 0.717) is 22.7 Å². The third-order valence-electron chi connectivity index (χ3n) is 3.82. The Kier molecular flexibility index (Phi) is 5.45. The van der Waals surface area contributed by atoms with Crippen LogP contribution in [0.3, 0.4) is 0 Å². The quantitative estimate of drug-likeness (QED) is 0.369. The summed E-state index contributed by atoms with van der Waals surface area (Å²) in [4.78, 5) is 20.9.